The van der Waals surface area contributed by atoms with Crippen LogP contribution in [0, 0.1) is 5.82 Å². The molecule has 2 rings (SSSR count). The summed E-state index contributed by atoms with van der Waals surface area (Å²) in [5.74, 6) is -0.239. The van der Waals surface area contributed by atoms with Gasteiger partial charge in [-0.15, -0.1) is 11.8 Å². The summed E-state index contributed by atoms with van der Waals surface area (Å²) in [6.07, 6.45) is 1.98. The van der Waals surface area contributed by atoms with Crippen molar-refractivity contribution in [3.63, 3.8) is 0 Å². The summed E-state index contributed by atoms with van der Waals surface area (Å²) in [5.41, 5.74) is 8.38. The highest BCUT2D eigenvalue weighted by Gasteiger charge is 2.10. The highest BCUT2D eigenvalue weighted by Crippen LogP contribution is 2.27. The summed E-state index contributed by atoms with van der Waals surface area (Å²) in [5, 5.41) is 3.27. The van der Waals surface area contributed by atoms with E-state index in [1.807, 2.05) is 30.5 Å². The molecule has 0 saturated carbocycles. The Hall–Kier alpha value is -1.59. The van der Waals surface area contributed by atoms with Gasteiger partial charge in [-0.2, -0.15) is 0 Å². The normalized spacial score (nSPS) is 10.3. The Morgan fingerprint density at radius 3 is 2.70 bits per heavy atom. The zero-order valence-corrected chi connectivity index (χ0v) is 12.7. The monoisotopic (exact) mass is 306 g/mol. The first kappa shape index (κ1) is 14.8. The minimum atomic E-state index is -0.239. The highest BCUT2D eigenvalue weighted by molar-refractivity contribution is 7.98. The number of thiocarbonyl (C=S) groups is 1. The molecule has 2 aromatic rings. The number of rotatable bonds is 5. The molecule has 2 nitrogen and oxygen atoms in total. The van der Waals surface area contributed by atoms with Crippen LogP contribution in [0.3, 0.4) is 0 Å². The lowest BCUT2D eigenvalue weighted by Gasteiger charge is -2.14. The van der Waals surface area contributed by atoms with E-state index in [2.05, 4.69) is 5.32 Å². The molecule has 0 unspecified atom stereocenters. The number of halogens is 1. The summed E-state index contributed by atoms with van der Waals surface area (Å²) >= 11 is 6.71. The van der Waals surface area contributed by atoms with Gasteiger partial charge in [0.1, 0.15) is 10.8 Å². The molecule has 0 spiro atoms. The van der Waals surface area contributed by atoms with Crippen LogP contribution in [-0.4, -0.2) is 11.2 Å². The minimum absolute atomic E-state index is 0.239. The quantitative estimate of drug-likeness (QED) is 0.651. The van der Waals surface area contributed by atoms with Crippen molar-refractivity contribution in [2.24, 2.45) is 5.73 Å². The van der Waals surface area contributed by atoms with Crippen molar-refractivity contribution in [3.05, 3.63) is 59.4 Å². The lowest BCUT2D eigenvalue weighted by atomic mass is 10.1. The third kappa shape index (κ3) is 3.49. The van der Waals surface area contributed by atoms with Gasteiger partial charge in [-0.25, -0.2) is 4.39 Å². The van der Waals surface area contributed by atoms with Gasteiger partial charge in [0.05, 0.1) is 0 Å². The van der Waals surface area contributed by atoms with E-state index in [1.54, 1.807) is 17.8 Å². The first-order valence-corrected chi connectivity index (χ1v) is 7.70. The van der Waals surface area contributed by atoms with Crippen molar-refractivity contribution in [2.75, 3.05) is 11.6 Å². The van der Waals surface area contributed by atoms with Crippen LogP contribution < -0.4 is 11.1 Å². The second kappa shape index (κ2) is 6.72. The topological polar surface area (TPSA) is 38.0 Å². The van der Waals surface area contributed by atoms with E-state index in [0.29, 0.717) is 11.5 Å². The molecule has 2 aromatic carbocycles. The lowest BCUT2D eigenvalue weighted by molar-refractivity contribution is 0.626. The molecule has 0 aliphatic heterocycles. The first-order valence-electron chi connectivity index (χ1n) is 6.07. The first-order chi connectivity index (χ1) is 9.61. The van der Waals surface area contributed by atoms with Crippen molar-refractivity contribution in [3.8, 4) is 0 Å². The Balaban J connectivity index is 2.23. The number of anilines is 1. The minimum Gasteiger partial charge on any atom is -0.389 e. The zero-order valence-electron chi connectivity index (χ0n) is 11.0. The molecule has 0 aliphatic carbocycles. The molecule has 5 heteroatoms. The molecule has 0 radical (unpaired) electrons. The van der Waals surface area contributed by atoms with Crippen LogP contribution in [0.4, 0.5) is 10.1 Å². The summed E-state index contributed by atoms with van der Waals surface area (Å²) in [6, 6.07) is 12.3. The number of benzene rings is 2. The van der Waals surface area contributed by atoms with Crippen LogP contribution in [0.1, 0.15) is 11.1 Å². The SMILES string of the molecule is CSc1cccc(NCc2cccc(F)c2)c1C(N)=S. The predicted octanol–water partition coefficient (Wildman–Crippen LogP) is 3.79. The van der Waals surface area contributed by atoms with Crippen LogP contribution in [0.2, 0.25) is 0 Å². The summed E-state index contributed by atoms with van der Waals surface area (Å²) in [6.45, 7) is 0.519. The van der Waals surface area contributed by atoms with E-state index in [1.165, 1.54) is 12.1 Å². The average molecular weight is 306 g/mol. The van der Waals surface area contributed by atoms with Gasteiger partial charge in [-0.1, -0.05) is 30.4 Å². The predicted molar refractivity (Wildman–Crippen MR) is 87.8 cm³/mol. The highest BCUT2D eigenvalue weighted by atomic mass is 32.2. The number of hydrogen-bond donors (Lipinski definition) is 2. The molecule has 0 saturated heterocycles. The molecule has 0 bridgehead atoms. The van der Waals surface area contributed by atoms with Crippen LogP contribution >= 0.6 is 24.0 Å². The van der Waals surface area contributed by atoms with Gasteiger partial charge >= 0.3 is 0 Å². The third-order valence-electron chi connectivity index (χ3n) is 2.86. The molecule has 0 atom stereocenters. The second-order valence-corrected chi connectivity index (χ2v) is 5.52. The van der Waals surface area contributed by atoms with Gasteiger partial charge in [-0.3, -0.25) is 0 Å². The summed E-state index contributed by atoms with van der Waals surface area (Å²) in [4.78, 5) is 1.39. The van der Waals surface area contributed by atoms with Crippen LogP contribution in [0.25, 0.3) is 0 Å². The molecule has 3 N–H and O–H groups in total. The molecule has 0 heterocycles. The van der Waals surface area contributed by atoms with Gasteiger partial charge in [0, 0.05) is 22.7 Å². The van der Waals surface area contributed by atoms with Crippen LogP contribution in [-0.2, 0) is 6.54 Å². The van der Waals surface area contributed by atoms with E-state index in [0.717, 1.165) is 21.7 Å². The number of thioether (sulfide) groups is 1. The van der Waals surface area contributed by atoms with Crippen LogP contribution in [0.15, 0.2) is 47.4 Å². The molecule has 0 aromatic heterocycles. The Morgan fingerprint density at radius 2 is 2.05 bits per heavy atom. The number of nitrogens with two attached hydrogens (primary N) is 1. The lowest BCUT2D eigenvalue weighted by Crippen LogP contribution is -2.14. The molecule has 0 amide bonds. The Kier molecular flexibility index (Phi) is 4.98. The fourth-order valence-corrected chi connectivity index (χ4v) is 2.87. The fourth-order valence-electron chi connectivity index (χ4n) is 1.95. The fraction of sp³-hybridized carbons (Fsp3) is 0.133. The van der Waals surface area contributed by atoms with Crippen molar-refractivity contribution < 1.29 is 4.39 Å². The van der Waals surface area contributed by atoms with Crippen molar-refractivity contribution >= 4 is 34.7 Å². The molecule has 20 heavy (non-hydrogen) atoms. The van der Waals surface area contributed by atoms with E-state index < -0.39 is 0 Å². The second-order valence-electron chi connectivity index (χ2n) is 4.23. The maximum atomic E-state index is 13.1. The van der Waals surface area contributed by atoms with Crippen molar-refractivity contribution in [2.45, 2.75) is 11.4 Å². The van der Waals surface area contributed by atoms with E-state index in [9.17, 15) is 4.39 Å². The van der Waals surface area contributed by atoms with Gasteiger partial charge in [0.2, 0.25) is 0 Å². The van der Waals surface area contributed by atoms with Gasteiger partial charge in [-0.05, 0) is 36.1 Å². The van der Waals surface area contributed by atoms with Gasteiger partial charge in [0.15, 0.2) is 0 Å². The van der Waals surface area contributed by atoms with Gasteiger partial charge < -0.3 is 11.1 Å². The molecule has 0 aliphatic rings. The number of nitrogens with one attached hydrogen (secondary N) is 1. The largest absolute Gasteiger partial charge is 0.389 e. The van der Waals surface area contributed by atoms with E-state index >= 15 is 0 Å². The average Bonchev–Trinajstić information content (AvgIpc) is 2.44. The Morgan fingerprint density at radius 1 is 1.30 bits per heavy atom. The smallest absolute Gasteiger partial charge is 0.123 e. The van der Waals surface area contributed by atoms with Crippen LogP contribution in [0.5, 0.6) is 0 Å². The van der Waals surface area contributed by atoms with Crippen molar-refractivity contribution in [1.29, 1.82) is 0 Å². The Bertz CT molecular complexity index is 629. The van der Waals surface area contributed by atoms with E-state index in [4.69, 9.17) is 18.0 Å². The summed E-state index contributed by atoms with van der Waals surface area (Å²) in [7, 11) is 0. The molecular formula is C15H15FN2S2. The molecular weight excluding hydrogens is 291 g/mol. The summed E-state index contributed by atoms with van der Waals surface area (Å²) < 4.78 is 13.1. The zero-order chi connectivity index (χ0) is 14.5. The van der Waals surface area contributed by atoms with E-state index in [-0.39, 0.29) is 5.82 Å². The van der Waals surface area contributed by atoms with Crippen molar-refractivity contribution in [1.82, 2.24) is 0 Å². The standard InChI is InChI=1S/C15H15FN2S2/c1-20-13-7-3-6-12(14(13)15(17)19)18-9-10-4-2-5-11(16)8-10/h2-8,18H,9H2,1H3,(H2,17,19). The maximum Gasteiger partial charge on any atom is 0.123 e. The molecule has 104 valence electrons. The molecule has 0 fully saturated rings. The Labute approximate surface area is 127 Å². The maximum absolute atomic E-state index is 13.1. The number of hydrogen-bond acceptors (Lipinski definition) is 3. The third-order valence-corrected chi connectivity index (χ3v) is 3.85. The van der Waals surface area contributed by atoms with Gasteiger partial charge in [0.25, 0.3) is 0 Å².